The predicted molar refractivity (Wildman–Crippen MR) is 92.5 cm³/mol. The van der Waals surface area contributed by atoms with Crippen molar-refractivity contribution in [1.29, 1.82) is 0 Å². The van der Waals surface area contributed by atoms with E-state index in [0.29, 0.717) is 12.8 Å². The van der Waals surface area contributed by atoms with Crippen molar-refractivity contribution >= 4 is 11.9 Å². The maximum Gasteiger partial charge on any atom is 0.317 e. The van der Waals surface area contributed by atoms with Gasteiger partial charge in [0.15, 0.2) is 6.10 Å². The highest BCUT2D eigenvalue weighted by atomic mass is 19.1. The molecule has 0 saturated heterocycles. The molecule has 0 unspecified atom stereocenters. The zero-order valence-electron chi connectivity index (χ0n) is 14.7. The maximum absolute atomic E-state index is 13.2. The first-order chi connectivity index (χ1) is 12.0. The minimum absolute atomic E-state index is 0.200. The fourth-order valence-corrected chi connectivity index (χ4v) is 4.07. The standard InChI is InChI=1S/C20H26FNO3/c1-14(18(23)22-17-6-2-3-7-17)25-19(24)20(12-4-5-13-20)15-8-10-16(21)11-9-15/h8-11,14,17H,2-7,12-13H2,1H3,(H,22,23)/t14-/m0/s1. The Morgan fingerprint density at radius 2 is 1.72 bits per heavy atom. The predicted octanol–water partition coefficient (Wildman–Crippen LogP) is 3.63. The zero-order chi connectivity index (χ0) is 17.9. The molecule has 2 aliphatic rings. The van der Waals surface area contributed by atoms with Crippen molar-refractivity contribution in [2.45, 2.75) is 75.9 Å². The quantitative estimate of drug-likeness (QED) is 0.828. The molecule has 3 rings (SSSR count). The summed E-state index contributed by atoms with van der Waals surface area (Å²) in [7, 11) is 0. The van der Waals surface area contributed by atoms with Crippen LogP contribution in [0.2, 0.25) is 0 Å². The molecule has 0 radical (unpaired) electrons. The second kappa shape index (κ2) is 7.54. The zero-order valence-corrected chi connectivity index (χ0v) is 14.7. The summed E-state index contributed by atoms with van der Waals surface area (Å²) in [6.07, 6.45) is 6.64. The number of nitrogens with one attached hydrogen (secondary N) is 1. The molecule has 2 fully saturated rings. The average Bonchev–Trinajstić information content (AvgIpc) is 3.27. The van der Waals surface area contributed by atoms with E-state index in [0.717, 1.165) is 44.1 Å². The monoisotopic (exact) mass is 347 g/mol. The highest BCUT2D eigenvalue weighted by Crippen LogP contribution is 2.42. The SMILES string of the molecule is C[C@H](OC(=O)C1(c2ccc(F)cc2)CCCC1)C(=O)NC1CCCC1. The third kappa shape index (κ3) is 3.86. The van der Waals surface area contributed by atoms with Crippen LogP contribution >= 0.6 is 0 Å². The number of benzene rings is 1. The molecule has 2 aliphatic carbocycles. The van der Waals surface area contributed by atoms with Crippen molar-refractivity contribution < 1.29 is 18.7 Å². The van der Waals surface area contributed by atoms with Gasteiger partial charge in [-0.25, -0.2) is 4.39 Å². The van der Waals surface area contributed by atoms with Gasteiger partial charge in [-0.2, -0.15) is 0 Å². The minimum Gasteiger partial charge on any atom is -0.452 e. The lowest BCUT2D eigenvalue weighted by Crippen LogP contribution is -2.44. The van der Waals surface area contributed by atoms with E-state index in [1.165, 1.54) is 12.1 Å². The number of hydrogen-bond donors (Lipinski definition) is 1. The molecule has 1 aromatic rings. The largest absolute Gasteiger partial charge is 0.452 e. The fourth-order valence-electron chi connectivity index (χ4n) is 4.07. The molecule has 1 aromatic carbocycles. The number of hydrogen-bond acceptors (Lipinski definition) is 3. The smallest absolute Gasteiger partial charge is 0.317 e. The van der Waals surface area contributed by atoms with Crippen LogP contribution in [0.25, 0.3) is 0 Å². The van der Waals surface area contributed by atoms with E-state index in [4.69, 9.17) is 4.74 Å². The fraction of sp³-hybridized carbons (Fsp3) is 0.600. The molecule has 0 aliphatic heterocycles. The minimum atomic E-state index is -0.814. The molecule has 0 heterocycles. The van der Waals surface area contributed by atoms with Crippen LogP contribution in [-0.4, -0.2) is 24.0 Å². The van der Waals surface area contributed by atoms with Crippen LogP contribution in [0.15, 0.2) is 24.3 Å². The topological polar surface area (TPSA) is 55.4 Å². The third-order valence-electron chi connectivity index (χ3n) is 5.60. The molecule has 5 heteroatoms. The van der Waals surface area contributed by atoms with Gasteiger partial charge in [0.05, 0.1) is 5.41 Å². The average molecular weight is 347 g/mol. The molecule has 136 valence electrons. The van der Waals surface area contributed by atoms with Gasteiger partial charge in [-0.15, -0.1) is 0 Å². The van der Waals surface area contributed by atoms with E-state index in [1.807, 2.05) is 0 Å². The summed E-state index contributed by atoms with van der Waals surface area (Å²) >= 11 is 0. The number of carbonyl (C=O) groups is 2. The Balaban J connectivity index is 1.68. The Hall–Kier alpha value is -1.91. The van der Waals surface area contributed by atoms with Crippen molar-refractivity contribution in [1.82, 2.24) is 5.32 Å². The molecule has 25 heavy (non-hydrogen) atoms. The molecule has 0 spiro atoms. The van der Waals surface area contributed by atoms with Gasteiger partial charge in [0.1, 0.15) is 5.82 Å². The Morgan fingerprint density at radius 3 is 2.32 bits per heavy atom. The number of halogens is 1. The second-order valence-electron chi connectivity index (χ2n) is 7.33. The van der Waals surface area contributed by atoms with Crippen LogP contribution in [0, 0.1) is 5.82 Å². The third-order valence-corrected chi connectivity index (χ3v) is 5.60. The van der Waals surface area contributed by atoms with Crippen LogP contribution in [0.1, 0.15) is 63.9 Å². The molecule has 1 amide bonds. The highest BCUT2D eigenvalue weighted by molar-refractivity contribution is 5.88. The number of amides is 1. The highest BCUT2D eigenvalue weighted by Gasteiger charge is 2.45. The van der Waals surface area contributed by atoms with Crippen molar-refractivity contribution in [2.24, 2.45) is 0 Å². The first-order valence-corrected chi connectivity index (χ1v) is 9.29. The van der Waals surface area contributed by atoms with Gasteiger partial charge in [-0.05, 0) is 50.3 Å². The lowest BCUT2D eigenvalue weighted by atomic mass is 9.79. The van der Waals surface area contributed by atoms with Crippen LogP contribution in [0.4, 0.5) is 4.39 Å². The van der Waals surface area contributed by atoms with Crippen molar-refractivity contribution in [3.05, 3.63) is 35.6 Å². The van der Waals surface area contributed by atoms with Crippen LogP contribution < -0.4 is 5.32 Å². The van der Waals surface area contributed by atoms with E-state index in [9.17, 15) is 14.0 Å². The summed E-state index contributed by atoms with van der Waals surface area (Å²) in [5.41, 5.74) is 0.0232. The van der Waals surface area contributed by atoms with Gasteiger partial charge in [0.25, 0.3) is 5.91 Å². The lowest BCUT2D eigenvalue weighted by Gasteiger charge is -2.29. The van der Waals surface area contributed by atoms with E-state index < -0.39 is 11.5 Å². The Labute approximate surface area is 148 Å². The number of rotatable bonds is 5. The molecule has 0 bridgehead atoms. The lowest BCUT2D eigenvalue weighted by molar-refractivity contribution is -0.160. The summed E-state index contributed by atoms with van der Waals surface area (Å²) in [6.45, 7) is 1.62. The van der Waals surface area contributed by atoms with Gasteiger partial charge in [-0.3, -0.25) is 9.59 Å². The Bertz CT molecular complexity index is 616. The molecule has 1 atom stereocenters. The molecular weight excluding hydrogens is 321 g/mol. The van der Waals surface area contributed by atoms with Gasteiger partial charge in [0.2, 0.25) is 0 Å². The first kappa shape index (κ1) is 17.9. The summed E-state index contributed by atoms with van der Waals surface area (Å²) in [5.74, 6) is -0.923. The number of esters is 1. The summed E-state index contributed by atoms with van der Waals surface area (Å²) in [6, 6.07) is 6.26. The molecule has 0 aromatic heterocycles. The molecular formula is C20H26FNO3. The maximum atomic E-state index is 13.2. The van der Waals surface area contributed by atoms with E-state index in [-0.39, 0.29) is 23.7 Å². The van der Waals surface area contributed by atoms with E-state index in [1.54, 1.807) is 19.1 Å². The van der Waals surface area contributed by atoms with Crippen LogP contribution in [0.5, 0.6) is 0 Å². The summed E-state index contributed by atoms with van der Waals surface area (Å²) < 4.78 is 18.8. The van der Waals surface area contributed by atoms with E-state index in [2.05, 4.69) is 5.32 Å². The van der Waals surface area contributed by atoms with Gasteiger partial charge < -0.3 is 10.1 Å². The van der Waals surface area contributed by atoms with Gasteiger partial charge in [-0.1, -0.05) is 37.8 Å². The van der Waals surface area contributed by atoms with Crippen LogP contribution in [0.3, 0.4) is 0 Å². The van der Waals surface area contributed by atoms with E-state index >= 15 is 0 Å². The molecule has 1 N–H and O–H groups in total. The summed E-state index contributed by atoms with van der Waals surface area (Å²) in [4.78, 5) is 25.2. The van der Waals surface area contributed by atoms with Gasteiger partial charge in [0, 0.05) is 6.04 Å². The Morgan fingerprint density at radius 1 is 1.12 bits per heavy atom. The van der Waals surface area contributed by atoms with Crippen molar-refractivity contribution in [3.8, 4) is 0 Å². The second-order valence-corrected chi connectivity index (χ2v) is 7.33. The summed E-state index contributed by atoms with van der Waals surface area (Å²) in [5, 5.41) is 2.97. The molecule has 4 nitrogen and oxygen atoms in total. The number of ether oxygens (including phenoxy) is 1. The van der Waals surface area contributed by atoms with Crippen molar-refractivity contribution in [3.63, 3.8) is 0 Å². The number of carbonyl (C=O) groups excluding carboxylic acids is 2. The molecule has 2 saturated carbocycles. The first-order valence-electron chi connectivity index (χ1n) is 9.29. The normalized spacial score (nSPS) is 21.0. The van der Waals surface area contributed by atoms with Crippen LogP contribution in [-0.2, 0) is 19.7 Å². The van der Waals surface area contributed by atoms with Crippen molar-refractivity contribution in [2.75, 3.05) is 0 Å². The Kier molecular flexibility index (Phi) is 5.40. The van der Waals surface area contributed by atoms with Gasteiger partial charge >= 0.3 is 5.97 Å².